The van der Waals surface area contributed by atoms with E-state index >= 15 is 0 Å². The molecule has 1 aromatic carbocycles. The molecule has 3 aromatic rings. The Balaban J connectivity index is 2.11. The van der Waals surface area contributed by atoms with Crippen LogP contribution in [0.5, 0.6) is 5.75 Å². The quantitative estimate of drug-likeness (QED) is 0.742. The molecule has 0 bridgehead atoms. The van der Waals surface area contributed by atoms with Gasteiger partial charge < -0.3 is 9.72 Å². The molecule has 0 unspecified atom stereocenters. The molecular weight excluding hydrogens is 320 g/mol. The van der Waals surface area contributed by atoms with Gasteiger partial charge in [-0.3, -0.25) is 9.12 Å². The van der Waals surface area contributed by atoms with Gasteiger partial charge in [-0.1, -0.05) is 0 Å². The minimum absolute atomic E-state index is 0.296. The normalized spacial score (nSPS) is 11.6. The van der Waals surface area contributed by atoms with Gasteiger partial charge in [0, 0.05) is 24.0 Å². The summed E-state index contributed by atoms with van der Waals surface area (Å²) in [4.78, 5) is 18.7. The molecule has 0 radical (unpaired) electrons. The summed E-state index contributed by atoms with van der Waals surface area (Å²) in [5, 5.41) is 0. The van der Waals surface area contributed by atoms with Gasteiger partial charge in [0.15, 0.2) is 0 Å². The van der Waals surface area contributed by atoms with Crippen LogP contribution >= 0.6 is 0 Å². The molecule has 2 aromatic heterocycles. The number of nitrogens with one attached hydrogen (secondary N) is 2. The van der Waals surface area contributed by atoms with Crippen LogP contribution in [0.15, 0.2) is 41.5 Å². The maximum Gasteiger partial charge on any atom is 0.331 e. The standard InChI is InChI=1S/C14H14N4O4S/c1-22-12-7-9(17-23(2,20)21)3-4-10(12)11-8-18-13(16-11)5-6-15-14(18)19/h3-8,17H,1-2H3,(H,15,19). The highest BCUT2D eigenvalue weighted by Crippen LogP contribution is 2.32. The first kappa shape index (κ1) is 15.1. The lowest BCUT2D eigenvalue weighted by molar-refractivity contribution is 0.416. The third kappa shape index (κ3) is 3.04. The van der Waals surface area contributed by atoms with E-state index in [0.29, 0.717) is 28.3 Å². The number of methoxy groups -OCH3 is 1. The van der Waals surface area contributed by atoms with Gasteiger partial charge in [-0.15, -0.1) is 0 Å². The van der Waals surface area contributed by atoms with E-state index in [0.717, 1.165) is 6.26 Å². The van der Waals surface area contributed by atoms with Crippen molar-refractivity contribution in [2.45, 2.75) is 0 Å². The molecule has 8 nitrogen and oxygen atoms in total. The summed E-state index contributed by atoms with van der Waals surface area (Å²) in [6.45, 7) is 0. The summed E-state index contributed by atoms with van der Waals surface area (Å²) in [6, 6.07) is 6.52. The first-order chi connectivity index (χ1) is 10.9. The van der Waals surface area contributed by atoms with Crippen molar-refractivity contribution >= 4 is 21.4 Å². The van der Waals surface area contributed by atoms with Gasteiger partial charge in [0.25, 0.3) is 0 Å². The predicted molar refractivity (Wildman–Crippen MR) is 86.3 cm³/mol. The van der Waals surface area contributed by atoms with Crippen LogP contribution in [0, 0.1) is 0 Å². The third-order valence-corrected chi connectivity index (χ3v) is 3.78. The molecule has 0 aliphatic heterocycles. The largest absolute Gasteiger partial charge is 0.496 e. The molecular formula is C14H14N4O4S. The molecule has 0 aliphatic rings. The second-order valence-electron chi connectivity index (χ2n) is 4.93. The van der Waals surface area contributed by atoms with Gasteiger partial charge in [0.1, 0.15) is 11.4 Å². The van der Waals surface area contributed by atoms with Crippen molar-refractivity contribution in [1.82, 2.24) is 14.4 Å². The first-order valence-electron chi connectivity index (χ1n) is 6.60. The second-order valence-corrected chi connectivity index (χ2v) is 6.67. The zero-order valence-corrected chi connectivity index (χ0v) is 13.2. The lowest BCUT2D eigenvalue weighted by Crippen LogP contribution is -2.13. The molecule has 0 saturated heterocycles. The Morgan fingerprint density at radius 2 is 2.09 bits per heavy atom. The maximum absolute atomic E-state index is 11.7. The fraction of sp³-hybridized carbons (Fsp3) is 0.143. The number of hydrogen-bond donors (Lipinski definition) is 2. The van der Waals surface area contributed by atoms with E-state index in [1.54, 1.807) is 30.5 Å². The minimum atomic E-state index is -3.38. The average Bonchev–Trinajstić information content (AvgIpc) is 2.90. The molecule has 0 spiro atoms. The van der Waals surface area contributed by atoms with Gasteiger partial charge in [-0.05, 0) is 18.2 Å². The van der Waals surface area contributed by atoms with Crippen molar-refractivity contribution in [2.75, 3.05) is 18.1 Å². The number of aromatic amines is 1. The number of anilines is 1. The summed E-state index contributed by atoms with van der Waals surface area (Å²) >= 11 is 0. The van der Waals surface area contributed by atoms with E-state index in [4.69, 9.17) is 4.74 Å². The zero-order valence-electron chi connectivity index (χ0n) is 12.4. The second kappa shape index (κ2) is 5.43. The number of imidazole rings is 1. The van der Waals surface area contributed by atoms with Crippen molar-refractivity contribution in [3.8, 4) is 17.0 Å². The molecule has 0 saturated carbocycles. The van der Waals surface area contributed by atoms with E-state index in [9.17, 15) is 13.2 Å². The molecule has 9 heteroatoms. The van der Waals surface area contributed by atoms with Crippen molar-refractivity contribution < 1.29 is 13.2 Å². The molecule has 23 heavy (non-hydrogen) atoms. The summed E-state index contributed by atoms with van der Waals surface area (Å²) in [5.74, 6) is 0.443. The number of nitrogens with zero attached hydrogens (tertiary/aromatic N) is 2. The SMILES string of the molecule is COc1cc(NS(C)(=O)=O)ccc1-c1cn2c(=O)[nH]ccc2n1. The average molecular weight is 334 g/mol. The summed E-state index contributed by atoms with van der Waals surface area (Å²) < 4.78 is 31.7. The molecule has 2 heterocycles. The third-order valence-electron chi connectivity index (χ3n) is 3.17. The van der Waals surface area contributed by atoms with Crippen LogP contribution in [-0.4, -0.2) is 36.2 Å². The molecule has 2 N–H and O–H groups in total. The lowest BCUT2D eigenvalue weighted by Gasteiger charge is -2.09. The Bertz CT molecular complexity index is 1040. The number of rotatable bonds is 4. The monoisotopic (exact) mass is 334 g/mol. The molecule has 0 fully saturated rings. The van der Waals surface area contributed by atoms with Gasteiger partial charge in [-0.2, -0.15) is 0 Å². The lowest BCUT2D eigenvalue weighted by atomic mass is 10.1. The molecule has 0 amide bonds. The van der Waals surface area contributed by atoms with Gasteiger partial charge >= 0.3 is 5.69 Å². The number of fused-ring (bicyclic) bond motifs is 1. The van der Waals surface area contributed by atoms with E-state index in [1.807, 2.05) is 0 Å². The van der Waals surface area contributed by atoms with Crippen LogP contribution in [0.4, 0.5) is 5.69 Å². The fourth-order valence-corrected chi connectivity index (χ4v) is 2.80. The highest BCUT2D eigenvalue weighted by molar-refractivity contribution is 7.92. The number of aromatic nitrogens is 3. The van der Waals surface area contributed by atoms with Gasteiger partial charge in [0.2, 0.25) is 10.0 Å². The van der Waals surface area contributed by atoms with Gasteiger partial charge in [-0.25, -0.2) is 18.2 Å². The Morgan fingerprint density at radius 3 is 2.74 bits per heavy atom. The highest BCUT2D eigenvalue weighted by Gasteiger charge is 2.13. The summed E-state index contributed by atoms with van der Waals surface area (Å²) in [5.41, 5.74) is 1.79. The molecule has 0 atom stereocenters. The predicted octanol–water partition coefficient (Wildman–Crippen LogP) is 1.07. The maximum atomic E-state index is 11.7. The molecule has 3 rings (SSSR count). The Kier molecular flexibility index (Phi) is 3.57. The molecule has 120 valence electrons. The summed E-state index contributed by atoms with van der Waals surface area (Å²) in [6.07, 6.45) is 4.18. The van der Waals surface area contributed by atoms with Crippen LogP contribution < -0.4 is 15.1 Å². The van der Waals surface area contributed by atoms with Crippen LogP contribution in [0.3, 0.4) is 0 Å². The molecule has 0 aliphatic carbocycles. The van der Waals surface area contributed by atoms with Crippen molar-refractivity contribution in [3.63, 3.8) is 0 Å². The Hall–Kier alpha value is -2.81. The Morgan fingerprint density at radius 1 is 1.30 bits per heavy atom. The zero-order chi connectivity index (χ0) is 16.6. The number of sulfonamides is 1. The first-order valence-corrected chi connectivity index (χ1v) is 8.49. The van der Waals surface area contributed by atoms with Crippen LogP contribution in [0.2, 0.25) is 0 Å². The van der Waals surface area contributed by atoms with Gasteiger partial charge in [0.05, 0.1) is 24.7 Å². The minimum Gasteiger partial charge on any atom is -0.496 e. The van der Waals surface area contributed by atoms with Crippen molar-refractivity contribution in [3.05, 3.63) is 47.1 Å². The smallest absolute Gasteiger partial charge is 0.331 e. The Labute approximate surface area is 131 Å². The van der Waals surface area contributed by atoms with E-state index < -0.39 is 10.0 Å². The fourth-order valence-electron chi connectivity index (χ4n) is 2.24. The van der Waals surface area contributed by atoms with E-state index in [-0.39, 0.29) is 5.69 Å². The van der Waals surface area contributed by atoms with E-state index in [2.05, 4.69) is 14.7 Å². The van der Waals surface area contributed by atoms with Crippen molar-refractivity contribution in [2.24, 2.45) is 0 Å². The van der Waals surface area contributed by atoms with Crippen molar-refractivity contribution in [1.29, 1.82) is 0 Å². The number of hydrogen-bond acceptors (Lipinski definition) is 5. The van der Waals surface area contributed by atoms with Crippen LogP contribution in [0.1, 0.15) is 0 Å². The van der Waals surface area contributed by atoms with E-state index in [1.165, 1.54) is 17.7 Å². The summed E-state index contributed by atoms with van der Waals surface area (Å²) in [7, 11) is -1.90. The number of benzene rings is 1. The van der Waals surface area contributed by atoms with Crippen LogP contribution in [-0.2, 0) is 10.0 Å². The van der Waals surface area contributed by atoms with Crippen LogP contribution in [0.25, 0.3) is 16.9 Å². The number of H-pyrrole nitrogens is 1. The number of ether oxygens (including phenoxy) is 1. The topological polar surface area (TPSA) is 106 Å². The highest BCUT2D eigenvalue weighted by atomic mass is 32.2.